The fourth-order valence-electron chi connectivity index (χ4n) is 1.14. The summed E-state index contributed by atoms with van der Waals surface area (Å²) < 4.78 is 6.10. The minimum absolute atomic E-state index is 0.0294. The molecule has 1 aromatic heterocycles. The summed E-state index contributed by atoms with van der Waals surface area (Å²) in [5, 5.41) is -0.109. The molecular weight excluding hydrogens is 309 g/mol. The smallest absolute Gasteiger partial charge is 0.273 e. The van der Waals surface area contributed by atoms with Gasteiger partial charge in [0.05, 0.1) is 10.8 Å². The van der Waals surface area contributed by atoms with Gasteiger partial charge in [-0.15, -0.1) is 0 Å². The van der Waals surface area contributed by atoms with E-state index in [2.05, 4.69) is 25.9 Å². The van der Waals surface area contributed by atoms with Gasteiger partial charge in [0.2, 0.25) is 5.88 Å². The first kappa shape index (κ1) is 11.9. The number of aromatic amines is 1. The lowest BCUT2D eigenvalue weighted by atomic mass is 10.3. The second-order valence-electron chi connectivity index (χ2n) is 3.14. The van der Waals surface area contributed by atoms with E-state index in [0.29, 0.717) is 15.9 Å². The molecule has 0 aliphatic carbocycles. The van der Waals surface area contributed by atoms with Crippen LogP contribution in [0.15, 0.2) is 33.8 Å². The standard InChI is InChI=1S/C10H7BrClN3O2/c11-6-2-1-5(13)3-7(6)17-10-8(12)9(16)14-4-15-10/h1-4H,13H2,(H,14,15,16). The van der Waals surface area contributed by atoms with Crippen LogP contribution in [-0.4, -0.2) is 9.97 Å². The highest BCUT2D eigenvalue weighted by Crippen LogP contribution is 2.32. The van der Waals surface area contributed by atoms with Gasteiger partial charge in [-0.3, -0.25) is 4.79 Å². The average Bonchev–Trinajstić information content (AvgIpc) is 2.30. The van der Waals surface area contributed by atoms with Crippen molar-refractivity contribution in [2.45, 2.75) is 0 Å². The van der Waals surface area contributed by atoms with Gasteiger partial charge in [-0.1, -0.05) is 11.6 Å². The lowest BCUT2D eigenvalue weighted by Crippen LogP contribution is -2.08. The monoisotopic (exact) mass is 315 g/mol. The molecule has 7 heteroatoms. The number of anilines is 1. The van der Waals surface area contributed by atoms with Crippen LogP contribution in [0.1, 0.15) is 0 Å². The van der Waals surface area contributed by atoms with Crippen LogP contribution in [-0.2, 0) is 0 Å². The highest BCUT2D eigenvalue weighted by molar-refractivity contribution is 9.10. The Bertz CT molecular complexity index is 615. The van der Waals surface area contributed by atoms with Gasteiger partial charge in [0.25, 0.3) is 5.56 Å². The van der Waals surface area contributed by atoms with Crippen molar-refractivity contribution in [3.63, 3.8) is 0 Å². The SMILES string of the molecule is Nc1ccc(Br)c(Oc2nc[nH]c(=O)c2Cl)c1. The van der Waals surface area contributed by atoms with E-state index in [0.717, 1.165) is 0 Å². The number of halogens is 2. The van der Waals surface area contributed by atoms with Gasteiger partial charge in [-0.25, -0.2) is 4.98 Å². The molecule has 2 rings (SSSR count). The maximum absolute atomic E-state index is 11.2. The number of ether oxygens (including phenoxy) is 1. The average molecular weight is 317 g/mol. The van der Waals surface area contributed by atoms with Gasteiger partial charge in [0, 0.05) is 11.8 Å². The molecule has 0 amide bonds. The molecule has 88 valence electrons. The lowest BCUT2D eigenvalue weighted by Gasteiger charge is -2.07. The first-order valence-corrected chi connectivity index (χ1v) is 5.71. The predicted molar refractivity (Wildman–Crippen MR) is 68.5 cm³/mol. The predicted octanol–water partition coefficient (Wildman–Crippen LogP) is 2.56. The number of nitrogens with two attached hydrogens (primary N) is 1. The number of nitrogen functional groups attached to an aromatic ring is 1. The molecule has 17 heavy (non-hydrogen) atoms. The molecule has 0 radical (unpaired) electrons. The number of benzene rings is 1. The van der Waals surface area contributed by atoms with Gasteiger partial charge in [0.1, 0.15) is 5.75 Å². The van der Waals surface area contributed by atoms with Crippen LogP contribution in [0.2, 0.25) is 5.02 Å². The second kappa shape index (κ2) is 4.77. The normalized spacial score (nSPS) is 10.2. The third kappa shape index (κ3) is 2.59. The summed E-state index contributed by atoms with van der Waals surface area (Å²) in [4.78, 5) is 17.4. The fourth-order valence-corrected chi connectivity index (χ4v) is 1.61. The van der Waals surface area contributed by atoms with Crippen LogP contribution in [0.5, 0.6) is 11.6 Å². The molecule has 0 aliphatic heterocycles. The summed E-state index contributed by atoms with van der Waals surface area (Å²) in [5.41, 5.74) is 5.70. The van der Waals surface area contributed by atoms with Crippen molar-refractivity contribution in [3.05, 3.63) is 44.4 Å². The lowest BCUT2D eigenvalue weighted by molar-refractivity contribution is 0.458. The number of nitrogens with one attached hydrogen (secondary N) is 1. The van der Waals surface area contributed by atoms with Crippen molar-refractivity contribution in [1.82, 2.24) is 9.97 Å². The molecule has 3 N–H and O–H groups in total. The van der Waals surface area contributed by atoms with Crippen molar-refractivity contribution in [1.29, 1.82) is 0 Å². The summed E-state index contributed by atoms with van der Waals surface area (Å²) in [6.45, 7) is 0. The summed E-state index contributed by atoms with van der Waals surface area (Å²) >= 11 is 9.05. The van der Waals surface area contributed by atoms with Crippen molar-refractivity contribution < 1.29 is 4.74 Å². The van der Waals surface area contributed by atoms with Crippen LogP contribution in [0.4, 0.5) is 5.69 Å². The van der Waals surface area contributed by atoms with Gasteiger partial charge >= 0.3 is 0 Å². The molecule has 2 aromatic rings. The van der Waals surface area contributed by atoms with Gasteiger partial charge in [-0.05, 0) is 28.1 Å². The Morgan fingerprint density at radius 1 is 1.47 bits per heavy atom. The number of aromatic nitrogens is 2. The summed E-state index contributed by atoms with van der Waals surface area (Å²) in [7, 11) is 0. The Hall–Kier alpha value is -1.53. The maximum atomic E-state index is 11.2. The summed E-state index contributed by atoms with van der Waals surface area (Å²) in [5.74, 6) is 0.465. The highest BCUT2D eigenvalue weighted by Gasteiger charge is 2.10. The number of hydrogen-bond donors (Lipinski definition) is 2. The quantitative estimate of drug-likeness (QED) is 0.834. The Morgan fingerprint density at radius 3 is 3.00 bits per heavy atom. The minimum atomic E-state index is -0.461. The van der Waals surface area contributed by atoms with Crippen molar-refractivity contribution in [3.8, 4) is 11.6 Å². The minimum Gasteiger partial charge on any atom is -0.436 e. The van der Waals surface area contributed by atoms with E-state index in [1.807, 2.05) is 0 Å². The zero-order valence-electron chi connectivity index (χ0n) is 8.41. The summed E-state index contributed by atoms with van der Waals surface area (Å²) in [6, 6.07) is 5.04. The summed E-state index contributed by atoms with van der Waals surface area (Å²) in [6.07, 6.45) is 1.21. The molecule has 0 unspecified atom stereocenters. The molecule has 1 aromatic carbocycles. The van der Waals surface area contributed by atoms with E-state index in [1.165, 1.54) is 6.33 Å². The molecule has 0 atom stereocenters. The third-order valence-electron chi connectivity index (χ3n) is 1.93. The number of hydrogen-bond acceptors (Lipinski definition) is 4. The van der Waals surface area contributed by atoms with Crippen molar-refractivity contribution >= 4 is 33.2 Å². The van der Waals surface area contributed by atoms with Crippen molar-refractivity contribution in [2.24, 2.45) is 0 Å². The zero-order valence-corrected chi connectivity index (χ0v) is 10.7. The van der Waals surface area contributed by atoms with Crippen LogP contribution in [0.25, 0.3) is 0 Å². The van der Waals surface area contributed by atoms with E-state index in [-0.39, 0.29) is 10.9 Å². The van der Waals surface area contributed by atoms with Crippen molar-refractivity contribution in [2.75, 3.05) is 5.73 Å². The number of nitrogens with zero attached hydrogens (tertiary/aromatic N) is 1. The van der Waals surface area contributed by atoms with Gasteiger partial charge in [-0.2, -0.15) is 0 Å². The van der Waals surface area contributed by atoms with Crippen LogP contribution < -0.4 is 16.0 Å². The largest absolute Gasteiger partial charge is 0.436 e. The molecule has 0 fully saturated rings. The van der Waals surface area contributed by atoms with Crippen LogP contribution in [0, 0.1) is 0 Å². The van der Waals surface area contributed by atoms with Crippen LogP contribution in [0.3, 0.4) is 0 Å². The molecular formula is C10H7BrClN3O2. The van der Waals surface area contributed by atoms with Crippen LogP contribution >= 0.6 is 27.5 Å². The Kier molecular flexibility index (Phi) is 3.35. The molecule has 0 aliphatic rings. The van der Waals surface area contributed by atoms with E-state index < -0.39 is 5.56 Å². The Labute approximate surface area is 110 Å². The number of rotatable bonds is 2. The topological polar surface area (TPSA) is 81.0 Å². The Balaban J connectivity index is 2.41. The molecule has 0 bridgehead atoms. The van der Waals surface area contributed by atoms with Gasteiger partial charge in [0.15, 0.2) is 5.02 Å². The Morgan fingerprint density at radius 2 is 2.24 bits per heavy atom. The fraction of sp³-hybridized carbons (Fsp3) is 0. The van der Waals surface area contributed by atoms with E-state index in [1.54, 1.807) is 18.2 Å². The molecule has 1 heterocycles. The first-order valence-electron chi connectivity index (χ1n) is 4.54. The molecule has 0 saturated heterocycles. The second-order valence-corrected chi connectivity index (χ2v) is 4.38. The highest BCUT2D eigenvalue weighted by atomic mass is 79.9. The van der Waals surface area contributed by atoms with E-state index >= 15 is 0 Å². The molecule has 0 spiro atoms. The van der Waals surface area contributed by atoms with Gasteiger partial charge < -0.3 is 15.5 Å². The maximum Gasteiger partial charge on any atom is 0.273 e. The van der Waals surface area contributed by atoms with E-state index in [4.69, 9.17) is 22.1 Å². The number of H-pyrrole nitrogens is 1. The third-order valence-corrected chi connectivity index (χ3v) is 2.91. The molecule has 5 nitrogen and oxygen atoms in total. The van der Waals surface area contributed by atoms with E-state index in [9.17, 15) is 4.79 Å². The molecule has 0 saturated carbocycles. The zero-order chi connectivity index (χ0) is 12.4. The first-order chi connectivity index (χ1) is 8.08.